The maximum atomic E-state index is 11.9. The fourth-order valence-corrected chi connectivity index (χ4v) is 1.89. The van der Waals surface area contributed by atoms with Crippen molar-refractivity contribution in [2.45, 2.75) is 26.2 Å². The zero-order chi connectivity index (χ0) is 12.3. The monoisotopic (exact) mass is 228 g/mol. The van der Waals surface area contributed by atoms with E-state index in [9.17, 15) is 9.90 Å². The third-order valence-corrected chi connectivity index (χ3v) is 2.90. The number of phenolic OH excluding ortho intramolecular Hbond substituents is 1. The van der Waals surface area contributed by atoms with Gasteiger partial charge < -0.3 is 5.11 Å². The van der Waals surface area contributed by atoms with E-state index in [0.717, 1.165) is 29.2 Å². The highest BCUT2D eigenvalue weighted by Gasteiger charge is 2.06. The van der Waals surface area contributed by atoms with Crippen LogP contribution in [-0.4, -0.2) is 10.9 Å². The molecule has 0 saturated heterocycles. The molecule has 2 rings (SSSR count). The molecule has 0 aliphatic carbocycles. The van der Waals surface area contributed by atoms with Gasteiger partial charge in [-0.2, -0.15) is 0 Å². The predicted octanol–water partition coefficient (Wildman–Crippen LogP) is 3.92. The standard InChI is InChI=1S/C15H16O2/c1-2-3-4-15(17)12-6-5-11-7-8-14(16)10-13(11)9-12/h5-10,16H,2-4H2,1H3. The molecule has 0 unspecified atom stereocenters. The van der Waals surface area contributed by atoms with Crippen molar-refractivity contribution in [2.24, 2.45) is 0 Å². The molecule has 0 aliphatic heterocycles. The van der Waals surface area contributed by atoms with Crippen molar-refractivity contribution in [1.82, 2.24) is 0 Å². The van der Waals surface area contributed by atoms with E-state index < -0.39 is 0 Å². The van der Waals surface area contributed by atoms with Gasteiger partial charge in [0.05, 0.1) is 0 Å². The fourth-order valence-electron chi connectivity index (χ4n) is 1.89. The molecular weight excluding hydrogens is 212 g/mol. The van der Waals surface area contributed by atoms with Crippen LogP contribution in [0.2, 0.25) is 0 Å². The molecule has 0 heterocycles. The molecule has 2 nitrogen and oxygen atoms in total. The molecule has 0 spiro atoms. The Balaban J connectivity index is 2.33. The van der Waals surface area contributed by atoms with E-state index in [-0.39, 0.29) is 11.5 Å². The zero-order valence-electron chi connectivity index (χ0n) is 9.94. The lowest BCUT2D eigenvalue weighted by molar-refractivity contribution is 0.0980. The molecule has 2 aromatic rings. The molecule has 2 aromatic carbocycles. The number of aromatic hydroxyl groups is 1. The first-order chi connectivity index (χ1) is 8.20. The minimum atomic E-state index is 0.178. The molecular formula is C15H16O2. The first-order valence-electron chi connectivity index (χ1n) is 5.96. The van der Waals surface area contributed by atoms with Gasteiger partial charge in [0.1, 0.15) is 5.75 Å². The number of rotatable bonds is 4. The third-order valence-electron chi connectivity index (χ3n) is 2.90. The van der Waals surface area contributed by atoms with Crippen LogP contribution >= 0.6 is 0 Å². The van der Waals surface area contributed by atoms with E-state index in [2.05, 4.69) is 6.92 Å². The van der Waals surface area contributed by atoms with E-state index in [4.69, 9.17) is 0 Å². The van der Waals surface area contributed by atoms with Gasteiger partial charge in [-0.3, -0.25) is 4.79 Å². The Morgan fingerprint density at radius 1 is 1.12 bits per heavy atom. The van der Waals surface area contributed by atoms with Crippen molar-refractivity contribution in [3.8, 4) is 5.75 Å². The summed E-state index contributed by atoms with van der Waals surface area (Å²) in [5.41, 5.74) is 0.733. The molecule has 0 saturated carbocycles. The van der Waals surface area contributed by atoms with E-state index in [0.29, 0.717) is 6.42 Å². The topological polar surface area (TPSA) is 37.3 Å². The quantitative estimate of drug-likeness (QED) is 0.805. The number of hydrogen-bond donors (Lipinski definition) is 1. The summed E-state index contributed by atoms with van der Waals surface area (Å²) in [6, 6.07) is 10.8. The lowest BCUT2D eigenvalue weighted by Crippen LogP contribution is -1.98. The van der Waals surface area contributed by atoms with Crippen molar-refractivity contribution in [3.63, 3.8) is 0 Å². The number of benzene rings is 2. The molecule has 0 amide bonds. The van der Waals surface area contributed by atoms with Gasteiger partial charge in [-0.1, -0.05) is 31.5 Å². The molecule has 0 atom stereocenters. The van der Waals surface area contributed by atoms with Crippen LogP contribution < -0.4 is 0 Å². The smallest absolute Gasteiger partial charge is 0.162 e. The number of unbranched alkanes of at least 4 members (excludes halogenated alkanes) is 1. The van der Waals surface area contributed by atoms with Crippen molar-refractivity contribution < 1.29 is 9.90 Å². The average Bonchev–Trinajstić information content (AvgIpc) is 2.35. The Kier molecular flexibility index (Phi) is 3.43. The summed E-state index contributed by atoms with van der Waals surface area (Å²) in [4.78, 5) is 11.9. The number of phenols is 1. The maximum Gasteiger partial charge on any atom is 0.162 e. The lowest BCUT2D eigenvalue weighted by Gasteiger charge is -2.03. The third kappa shape index (κ3) is 2.64. The van der Waals surface area contributed by atoms with Gasteiger partial charge in [0.25, 0.3) is 0 Å². The Labute approximate surface area is 101 Å². The lowest BCUT2D eigenvalue weighted by atomic mass is 10.0. The summed E-state index contributed by atoms with van der Waals surface area (Å²) in [7, 11) is 0. The molecule has 2 heteroatoms. The highest BCUT2D eigenvalue weighted by molar-refractivity contribution is 6.00. The molecule has 0 bridgehead atoms. The van der Waals surface area contributed by atoms with Crippen molar-refractivity contribution in [2.75, 3.05) is 0 Å². The summed E-state index contributed by atoms with van der Waals surface area (Å²) in [6.45, 7) is 2.08. The summed E-state index contributed by atoms with van der Waals surface area (Å²) in [5.74, 6) is 0.410. The van der Waals surface area contributed by atoms with Gasteiger partial charge in [-0.15, -0.1) is 0 Å². The summed E-state index contributed by atoms with van der Waals surface area (Å²) in [6.07, 6.45) is 2.55. The second-order valence-electron chi connectivity index (χ2n) is 4.27. The number of Topliss-reactive ketones (excluding diaryl/α,β-unsaturated/α-hetero) is 1. The minimum Gasteiger partial charge on any atom is -0.508 e. The maximum absolute atomic E-state index is 11.9. The van der Waals surface area contributed by atoms with E-state index in [1.54, 1.807) is 12.1 Å². The van der Waals surface area contributed by atoms with Crippen molar-refractivity contribution in [1.29, 1.82) is 0 Å². The molecule has 1 N–H and O–H groups in total. The first-order valence-corrected chi connectivity index (χ1v) is 5.96. The number of hydrogen-bond acceptors (Lipinski definition) is 2. The Bertz CT molecular complexity index is 544. The van der Waals surface area contributed by atoms with Gasteiger partial charge in [0.2, 0.25) is 0 Å². The van der Waals surface area contributed by atoms with E-state index in [1.807, 2.05) is 24.3 Å². The number of ketones is 1. The largest absolute Gasteiger partial charge is 0.508 e. The number of carbonyl (C=O) groups excluding carboxylic acids is 1. The predicted molar refractivity (Wildman–Crippen MR) is 69.5 cm³/mol. The Morgan fingerprint density at radius 3 is 2.65 bits per heavy atom. The van der Waals surface area contributed by atoms with Crippen LogP contribution in [0, 0.1) is 0 Å². The van der Waals surface area contributed by atoms with Crippen LogP contribution in [0.1, 0.15) is 36.5 Å². The van der Waals surface area contributed by atoms with Crippen LogP contribution in [0.15, 0.2) is 36.4 Å². The summed E-state index contributed by atoms with van der Waals surface area (Å²) in [5, 5.41) is 11.4. The van der Waals surface area contributed by atoms with Crippen LogP contribution in [0.5, 0.6) is 5.75 Å². The molecule has 0 aromatic heterocycles. The second kappa shape index (κ2) is 5.00. The first kappa shape index (κ1) is 11.6. The molecule has 0 fully saturated rings. The van der Waals surface area contributed by atoms with Crippen LogP contribution in [-0.2, 0) is 0 Å². The molecule has 88 valence electrons. The normalized spacial score (nSPS) is 10.6. The van der Waals surface area contributed by atoms with Crippen LogP contribution in [0.3, 0.4) is 0 Å². The molecule has 17 heavy (non-hydrogen) atoms. The van der Waals surface area contributed by atoms with Crippen molar-refractivity contribution >= 4 is 16.6 Å². The Hall–Kier alpha value is -1.83. The molecule has 0 radical (unpaired) electrons. The van der Waals surface area contributed by atoms with Crippen molar-refractivity contribution in [3.05, 3.63) is 42.0 Å². The van der Waals surface area contributed by atoms with Gasteiger partial charge in [0, 0.05) is 12.0 Å². The second-order valence-corrected chi connectivity index (χ2v) is 4.27. The summed E-state index contributed by atoms with van der Waals surface area (Å²) >= 11 is 0. The highest BCUT2D eigenvalue weighted by atomic mass is 16.3. The van der Waals surface area contributed by atoms with Gasteiger partial charge in [0.15, 0.2) is 5.78 Å². The van der Waals surface area contributed by atoms with E-state index >= 15 is 0 Å². The van der Waals surface area contributed by atoms with Crippen LogP contribution in [0.25, 0.3) is 10.8 Å². The SMILES string of the molecule is CCCCC(=O)c1ccc2ccc(O)cc2c1. The number of fused-ring (bicyclic) bond motifs is 1. The fraction of sp³-hybridized carbons (Fsp3) is 0.267. The minimum absolute atomic E-state index is 0.178. The average molecular weight is 228 g/mol. The van der Waals surface area contributed by atoms with Crippen LogP contribution in [0.4, 0.5) is 0 Å². The Morgan fingerprint density at radius 2 is 1.88 bits per heavy atom. The van der Waals surface area contributed by atoms with Gasteiger partial charge in [-0.05, 0) is 35.4 Å². The number of carbonyl (C=O) groups is 1. The zero-order valence-corrected chi connectivity index (χ0v) is 9.94. The van der Waals surface area contributed by atoms with Gasteiger partial charge in [-0.25, -0.2) is 0 Å². The summed E-state index contributed by atoms with van der Waals surface area (Å²) < 4.78 is 0. The molecule has 0 aliphatic rings. The van der Waals surface area contributed by atoms with E-state index in [1.165, 1.54) is 0 Å². The van der Waals surface area contributed by atoms with Gasteiger partial charge >= 0.3 is 0 Å². The highest BCUT2D eigenvalue weighted by Crippen LogP contribution is 2.22.